The highest BCUT2D eigenvalue weighted by Crippen LogP contribution is 2.24. The van der Waals surface area contributed by atoms with Crippen LogP contribution in [-0.4, -0.2) is 33.8 Å². The Labute approximate surface area is 169 Å². The summed E-state index contributed by atoms with van der Waals surface area (Å²) in [4.78, 5) is 0. The van der Waals surface area contributed by atoms with E-state index in [1.54, 1.807) is 0 Å². The largest absolute Gasteiger partial charge is 0.437 e. The van der Waals surface area contributed by atoms with Crippen LogP contribution in [0, 0.1) is 0 Å². The molecule has 148 valence electrons. The fourth-order valence-electron chi connectivity index (χ4n) is 3.27. The van der Waals surface area contributed by atoms with E-state index in [2.05, 4.69) is 101 Å². The van der Waals surface area contributed by atoms with Gasteiger partial charge in [0.2, 0.25) is 0 Å². The fraction of sp³-hybridized carbons (Fsp3) is 0.400. The third kappa shape index (κ3) is 6.63. The SMILES string of the molecule is C[Si](C)(C)O[Si](C)(C)O[Si](O[Si](C)(C)C)(c1ccccc1)c1ccccc1. The van der Waals surface area contributed by atoms with E-state index < -0.39 is 33.8 Å². The van der Waals surface area contributed by atoms with Crippen molar-refractivity contribution in [3.63, 3.8) is 0 Å². The molecule has 0 atom stereocenters. The van der Waals surface area contributed by atoms with Crippen LogP contribution in [0.25, 0.3) is 0 Å². The van der Waals surface area contributed by atoms with Crippen molar-refractivity contribution in [2.45, 2.75) is 52.4 Å². The quantitative estimate of drug-likeness (QED) is 0.565. The first-order chi connectivity index (χ1) is 12.3. The van der Waals surface area contributed by atoms with E-state index in [-0.39, 0.29) is 0 Å². The van der Waals surface area contributed by atoms with E-state index >= 15 is 0 Å². The minimum absolute atomic E-state index is 1.15. The van der Waals surface area contributed by atoms with Crippen LogP contribution >= 0.6 is 0 Å². The van der Waals surface area contributed by atoms with Gasteiger partial charge in [0.25, 0.3) is 0 Å². The molecule has 0 amide bonds. The van der Waals surface area contributed by atoms with Crippen LogP contribution in [0.3, 0.4) is 0 Å². The molecule has 0 radical (unpaired) electrons. The summed E-state index contributed by atoms with van der Waals surface area (Å²) >= 11 is 0. The van der Waals surface area contributed by atoms with Gasteiger partial charge in [-0.15, -0.1) is 0 Å². The van der Waals surface area contributed by atoms with Crippen LogP contribution in [-0.2, 0) is 12.3 Å². The number of rotatable bonds is 8. The summed E-state index contributed by atoms with van der Waals surface area (Å²) in [6, 6.07) is 21.0. The first-order valence-electron chi connectivity index (χ1n) is 9.55. The lowest BCUT2D eigenvalue weighted by atomic mass is 10.4. The van der Waals surface area contributed by atoms with Crippen molar-refractivity contribution in [2.24, 2.45) is 0 Å². The van der Waals surface area contributed by atoms with E-state index in [9.17, 15) is 0 Å². The molecule has 7 heteroatoms. The van der Waals surface area contributed by atoms with Crippen molar-refractivity contribution >= 4 is 44.1 Å². The first kappa shape index (κ1) is 22.5. The van der Waals surface area contributed by atoms with Gasteiger partial charge in [-0.3, -0.25) is 0 Å². The Kier molecular flexibility index (Phi) is 6.89. The molecule has 0 fully saturated rings. The van der Waals surface area contributed by atoms with Crippen LogP contribution in [0.4, 0.5) is 0 Å². The molecule has 0 bridgehead atoms. The van der Waals surface area contributed by atoms with Gasteiger partial charge in [-0.2, -0.15) is 0 Å². The molecule has 2 rings (SSSR count). The minimum Gasteiger partial charge on any atom is -0.437 e. The van der Waals surface area contributed by atoms with Gasteiger partial charge in [0.1, 0.15) is 0 Å². The van der Waals surface area contributed by atoms with E-state index in [1.807, 2.05) is 12.1 Å². The van der Waals surface area contributed by atoms with Crippen molar-refractivity contribution in [3.8, 4) is 0 Å². The normalized spacial score (nSPS) is 13.6. The van der Waals surface area contributed by atoms with Crippen LogP contribution in [0.1, 0.15) is 0 Å². The number of hydrogen-bond acceptors (Lipinski definition) is 3. The van der Waals surface area contributed by atoms with Gasteiger partial charge in [-0.05, 0) is 62.7 Å². The smallest absolute Gasteiger partial charge is 0.388 e. The maximum Gasteiger partial charge on any atom is 0.388 e. The van der Waals surface area contributed by atoms with Crippen molar-refractivity contribution in [1.82, 2.24) is 0 Å². The molecule has 27 heavy (non-hydrogen) atoms. The Bertz CT molecular complexity index is 683. The highest BCUT2D eigenvalue weighted by Gasteiger charge is 2.50. The lowest BCUT2D eigenvalue weighted by Crippen LogP contribution is -2.71. The lowest BCUT2D eigenvalue weighted by Gasteiger charge is -2.43. The molecule has 0 spiro atoms. The Morgan fingerprint density at radius 1 is 0.481 bits per heavy atom. The third-order valence-corrected chi connectivity index (χ3v) is 17.0. The standard InChI is InChI=1S/C20H34O3Si4/c1-24(2,3)21-26(7,8)23-27(22-25(4,5)6,19-15-11-9-12-16-19)20-17-13-10-14-18-20/h9-18H,1-8H3. The lowest BCUT2D eigenvalue weighted by molar-refractivity contribution is 0.343. The van der Waals surface area contributed by atoms with Crippen LogP contribution in [0.15, 0.2) is 60.7 Å². The van der Waals surface area contributed by atoms with Gasteiger partial charge in [0.15, 0.2) is 16.6 Å². The Balaban J connectivity index is 2.65. The second-order valence-corrected chi connectivity index (χ2v) is 25.4. The molecule has 0 aliphatic heterocycles. The molecule has 3 nitrogen and oxygen atoms in total. The fourth-order valence-corrected chi connectivity index (χ4v) is 20.0. The Morgan fingerprint density at radius 3 is 1.19 bits per heavy atom. The van der Waals surface area contributed by atoms with Gasteiger partial charge in [-0.1, -0.05) is 60.7 Å². The monoisotopic (exact) mass is 434 g/mol. The second kappa shape index (κ2) is 8.28. The summed E-state index contributed by atoms with van der Waals surface area (Å²) in [7, 11) is -8.96. The summed E-state index contributed by atoms with van der Waals surface area (Å²) in [5.41, 5.74) is 0. The zero-order chi connectivity index (χ0) is 20.3. The molecule has 2 aromatic rings. The minimum atomic E-state index is -2.90. The molecule has 2 aromatic carbocycles. The summed E-state index contributed by atoms with van der Waals surface area (Å²) < 4.78 is 20.6. The van der Waals surface area contributed by atoms with E-state index in [0.29, 0.717) is 0 Å². The van der Waals surface area contributed by atoms with E-state index in [0.717, 1.165) is 10.4 Å². The average Bonchev–Trinajstić information content (AvgIpc) is 2.52. The van der Waals surface area contributed by atoms with Gasteiger partial charge in [0, 0.05) is 0 Å². The average molecular weight is 435 g/mol. The third-order valence-electron chi connectivity index (χ3n) is 3.70. The molecule has 0 aliphatic carbocycles. The van der Waals surface area contributed by atoms with Gasteiger partial charge in [-0.25, -0.2) is 0 Å². The summed E-state index contributed by atoms with van der Waals surface area (Å²) in [5, 5.41) is 2.30. The molecule has 0 heterocycles. The molecule has 0 saturated carbocycles. The summed E-state index contributed by atoms with van der Waals surface area (Å²) in [6.45, 7) is 17.7. The van der Waals surface area contributed by atoms with Crippen molar-refractivity contribution in [1.29, 1.82) is 0 Å². The van der Waals surface area contributed by atoms with Crippen LogP contribution in [0.5, 0.6) is 0 Å². The van der Waals surface area contributed by atoms with Crippen molar-refractivity contribution < 1.29 is 12.3 Å². The topological polar surface area (TPSA) is 27.7 Å². The van der Waals surface area contributed by atoms with E-state index in [1.165, 1.54) is 0 Å². The predicted molar refractivity (Wildman–Crippen MR) is 125 cm³/mol. The molecular formula is C20H34O3Si4. The molecular weight excluding hydrogens is 401 g/mol. The van der Waals surface area contributed by atoms with Gasteiger partial charge >= 0.3 is 17.1 Å². The van der Waals surface area contributed by atoms with Crippen LogP contribution < -0.4 is 10.4 Å². The van der Waals surface area contributed by atoms with E-state index in [4.69, 9.17) is 12.3 Å². The molecule has 0 aromatic heterocycles. The first-order valence-corrected chi connectivity index (χ1v) is 21.0. The van der Waals surface area contributed by atoms with Gasteiger partial charge < -0.3 is 12.3 Å². The predicted octanol–water partition coefficient (Wildman–Crippen LogP) is 4.66. The van der Waals surface area contributed by atoms with Crippen LogP contribution in [0.2, 0.25) is 52.4 Å². The van der Waals surface area contributed by atoms with Crippen molar-refractivity contribution in [3.05, 3.63) is 60.7 Å². The Morgan fingerprint density at radius 2 is 0.852 bits per heavy atom. The van der Waals surface area contributed by atoms with Gasteiger partial charge in [0.05, 0.1) is 0 Å². The molecule has 0 aliphatic rings. The number of benzene rings is 2. The highest BCUT2D eigenvalue weighted by atomic mass is 28.5. The maximum atomic E-state index is 7.05. The Hall–Kier alpha value is -0.812. The second-order valence-electron chi connectivity index (χ2n) is 9.28. The molecule has 0 N–H and O–H groups in total. The zero-order valence-electron chi connectivity index (χ0n) is 18.0. The summed E-state index contributed by atoms with van der Waals surface area (Å²) in [6.07, 6.45) is 0. The number of hydrogen-bond donors (Lipinski definition) is 0. The zero-order valence-corrected chi connectivity index (χ0v) is 22.0. The summed E-state index contributed by atoms with van der Waals surface area (Å²) in [5.74, 6) is 0. The van der Waals surface area contributed by atoms with Crippen molar-refractivity contribution in [2.75, 3.05) is 0 Å². The molecule has 0 saturated heterocycles. The maximum absolute atomic E-state index is 7.05. The highest BCUT2D eigenvalue weighted by molar-refractivity contribution is 7.02. The molecule has 0 unspecified atom stereocenters.